The fraction of sp³-hybridized carbons (Fsp3) is 0.364. The predicted octanol–water partition coefficient (Wildman–Crippen LogP) is 1.48. The van der Waals surface area contributed by atoms with Crippen LogP contribution in [0.15, 0.2) is 24.3 Å². The highest BCUT2D eigenvalue weighted by molar-refractivity contribution is 5.82. The van der Waals surface area contributed by atoms with E-state index >= 15 is 0 Å². The molecule has 0 atom stereocenters. The molecule has 3 rings (SSSR count). The van der Waals surface area contributed by atoms with Gasteiger partial charge in [0.05, 0.1) is 17.8 Å². The van der Waals surface area contributed by atoms with Crippen LogP contribution < -0.4 is 5.90 Å². The molecule has 3 N–H and O–H groups in total. The van der Waals surface area contributed by atoms with Gasteiger partial charge in [-0.3, -0.25) is 5.10 Å². The van der Waals surface area contributed by atoms with Crippen molar-refractivity contribution in [1.82, 2.24) is 10.2 Å². The highest BCUT2D eigenvalue weighted by Crippen LogP contribution is 2.49. The van der Waals surface area contributed by atoms with Crippen molar-refractivity contribution in [3.8, 4) is 0 Å². The average Bonchev–Trinajstić information content (AvgIpc) is 2.91. The van der Waals surface area contributed by atoms with Gasteiger partial charge >= 0.3 is 0 Å². The Bertz CT molecular complexity index is 487. The Morgan fingerprint density at radius 1 is 1.40 bits per heavy atom. The number of rotatable bonds is 3. The van der Waals surface area contributed by atoms with Crippen LogP contribution in [0.1, 0.15) is 18.5 Å². The van der Waals surface area contributed by atoms with Crippen molar-refractivity contribution in [3.63, 3.8) is 0 Å². The molecule has 2 aromatic rings. The molecule has 0 bridgehead atoms. The largest absolute Gasteiger partial charge is 0.304 e. The topological polar surface area (TPSA) is 63.9 Å². The first-order valence-electron chi connectivity index (χ1n) is 5.11. The second-order valence-electron chi connectivity index (χ2n) is 4.21. The fourth-order valence-electron chi connectivity index (χ4n) is 2.14. The fourth-order valence-corrected chi connectivity index (χ4v) is 2.14. The SMILES string of the molecule is NOCC1(c2[nH]nc3ccccc23)CC1. The quantitative estimate of drug-likeness (QED) is 0.743. The van der Waals surface area contributed by atoms with Gasteiger partial charge in [0.1, 0.15) is 0 Å². The molecule has 0 radical (unpaired) electrons. The Kier molecular flexibility index (Phi) is 1.81. The van der Waals surface area contributed by atoms with Crippen molar-refractivity contribution in [2.75, 3.05) is 6.61 Å². The van der Waals surface area contributed by atoms with Crippen LogP contribution >= 0.6 is 0 Å². The lowest BCUT2D eigenvalue weighted by molar-refractivity contribution is 0.115. The maximum absolute atomic E-state index is 5.17. The zero-order chi connectivity index (χ0) is 10.3. The molecule has 15 heavy (non-hydrogen) atoms. The van der Waals surface area contributed by atoms with Crippen LogP contribution in [0.4, 0.5) is 0 Å². The van der Waals surface area contributed by atoms with E-state index in [0.717, 1.165) is 18.4 Å². The molecule has 78 valence electrons. The summed E-state index contributed by atoms with van der Waals surface area (Å²) in [5.74, 6) is 5.17. The summed E-state index contributed by atoms with van der Waals surface area (Å²) in [4.78, 5) is 4.79. The van der Waals surface area contributed by atoms with Gasteiger partial charge in [-0.2, -0.15) is 5.10 Å². The summed E-state index contributed by atoms with van der Waals surface area (Å²) in [6, 6.07) is 8.12. The second-order valence-corrected chi connectivity index (χ2v) is 4.21. The van der Waals surface area contributed by atoms with Gasteiger partial charge in [0, 0.05) is 10.8 Å². The Balaban J connectivity index is 2.11. The minimum Gasteiger partial charge on any atom is -0.304 e. The molecule has 0 unspecified atom stereocenters. The van der Waals surface area contributed by atoms with E-state index in [9.17, 15) is 0 Å². The van der Waals surface area contributed by atoms with Gasteiger partial charge in [-0.05, 0) is 18.9 Å². The first-order chi connectivity index (χ1) is 7.36. The summed E-state index contributed by atoms with van der Waals surface area (Å²) in [6.45, 7) is 0.569. The lowest BCUT2D eigenvalue weighted by Crippen LogP contribution is -2.18. The standard InChI is InChI=1S/C11H13N3O/c12-15-7-11(5-6-11)10-8-3-1-2-4-9(8)13-14-10/h1-4H,5-7,12H2,(H,13,14). The zero-order valence-electron chi connectivity index (χ0n) is 8.36. The summed E-state index contributed by atoms with van der Waals surface area (Å²) in [5.41, 5.74) is 2.27. The van der Waals surface area contributed by atoms with Crippen LogP contribution in [0.5, 0.6) is 0 Å². The third-order valence-electron chi connectivity index (χ3n) is 3.21. The van der Waals surface area contributed by atoms with Gasteiger partial charge in [-0.25, -0.2) is 5.90 Å². The first-order valence-corrected chi connectivity index (χ1v) is 5.11. The summed E-state index contributed by atoms with van der Waals surface area (Å²) in [5, 5.41) is 8.59. The van der Waals surface area contributed by atoms with Crippen LogP contribution in [-0.4, -0.2) is 16.8 Å². The van der Waals surface area contributed by atoms with E-state index in [-0.39, 0.29) is 5.41 Å². The van der Waals surface area contributed by atoms with E-state index in [0.29, 0.717) is 6.61 Å². The second kappa shape index (κ2) is 3.05. The maximum Gasteiger partial charge on any atom is 0.0923 e. The molecular formula is C11H13N3O. The summed E-state index contributed by atoms with van der Waals surface area (Å²) < 4.78 is 0. The molecule has 1 heterocycles. The Morgan fingerprint density at radius 3 is 2.93 bits per heavy atom. The van der Waals surface area contributed by atoms with Gasteiger partial charge < -0.3 is 4.84 Å². The molecule has 0 aliphatic heterocycles. The van der Waals surface area contributed by atoms with E-state index in [1.54, 1.807) is 0 Å². The van der Waals surface area contributed by atoms with Crippen molar-refractivity contribution in [3.05, 3.63) is 30.0 Å². The molecular weight excluding hydrogens is 190 g/mol. The average molecular weight is 203 g/mol. The lowest BCUT2D eigenvalue weighted by atomic mass is 10.0. The Hall–Kier alpha value is -1.39. The Labute approximate surface area is 87.4 Å². The van der Waals surface area contributed by atoms with Gasteiger partial charge in [0.25, 0.3) is 0 Å². The smallest absolute Gasteiger partial charge is 0.0923 e. The monoisotopic (exact) mass is 203 g/mol. The number of hydrogen-bond acceptors (Lipinski definition) is 3. The van der Waals surface area contributed by atoms with E-state index in [1.165, 1.54) is 11.1 Å². The van der Waals surface area contributed by atoms with Crippen molar-refractivity contribution in [2.24, 2.45) is 5.90 Å². The summed E-state index contributed by atoms with van der Waals surface area (Å²) >= 11 is 0. The Morgan fingerprint density at radius 2 is 2.20 bits per heavy atom. The van der Waals surface area contributed by atoms with Crippen molar-refractivity contribution >= 4 is 10.9 Å². The number of H-pyrrole nitrogens is 1. The van der Waals surface area contributed by atoms with Crippen LogP contribution in [0.25, 0.3) is 10.9 Å². The van der Waals surface area contributed by atoms with Crippen LogP contribution in [0, 0.1) is 0 Å². The number of aromatic nitrogens is 2. The number of nitrogens with one attached hydrogen (secondary N) is 1. The predicted molar refractivity (Wildman–Crippen MR) is 57.1 cm³/mol. The number of nitrogens with two attached hydrogens (primary N) is 1. The molecule has 0 saturated heterocycles. The molecule has 1 aliphatic rings. The van der Waals surface area contributed by atoms with Gasteiger partial charge in [-0.15, -0.1) is 0 Å². The van der Waals surface area contributed by atoms with Crippen molar-refractivity contribution in [2.45, 2.75) is 18.3 Å². The number of para-hydroxylation sites is 1. The third-order valence-corrected chi connectivity index (χ3v) is 3.21. The van der Waals surface area contributed by atoms with Crippen molar-refractivity contribution < 1.29 is 4.84 Å². The molecule has 4 heteroatoms. The molecule has 1 aromatic carbocycles. The zero-order valence-corrected chi connectivity index (χ0v) is 8.36. The van der Waals surface area contributed by atoms with Crippen molar-refractivity contribution in [1.29, 1.82) is 0 Å². The van der Waals surface area contributed by atoms with E-state index in [4.69, 9.17) is 10.7 Å². The number of benzene rings is 1. The number of hydrogen-bond donors (Lipinski definition) is 2. The number of fused-ring (bicyclic) bond motifs is 1. The third kappa shape index (κ3) is 1.26. The van der Waals surface area contributed by atoms with Gasteiger partial charge in [-0.1, -0.05) is 18.2 Å². The highest BCUT2D eigenvalue weighted by atomic mass is 16.6. The molecule has 0 amide bonds. The molecule has 1 aromatic heterocycles. The highest BCUT2D eigenvalue weighted by Gasteiger charge is 2.47. The summed E-state index contributed by atoms with van der Waals surface area (Å²) in [7, 11) is 0. The lowest BCUT2D eigenvalue weighted by Gasteiger charge is -2.11. The maximum atomic E-state index is 5.17. The molecule has 0 spiro atoms. The van der Waals surface area contributed by atoms with E-state index in [1.807, 2.05) is 18.2 Å². The van der Waals surface area contributed by atoms with E-state index in [2.05, 4.69) is 16.3 Å². The molecule has 1 saturated carbocycles. The minimum atomic E-state index is 0.0881. The van der Waals surface area contributed by atoms with Crippen LogP contribution in [-0.2, 0) is 10.3 Å². The normalized spacial score (nSPS) is 18.2. The van der Waals surface area contributed by atoms with Crippen LogP contribution in [0.2, 0.25) is 0 Å². The number of aromatic amines is 1. The molecule has 1 aliphatic carbocycles. The number of nitrogens with zero attached hydrogens (tertiary/aromatic N) is 1. The molecule has 4 nitrogen and oxygen atoms in total. The van der Waals surface area contributed by atoms with E-state index < -0.39 is 0 Å². The van der Waals surface area contributed by atoms with Gasteiger partial charge in [0.2, 0.25) is 0 Å². The minimum absolute atomic E-state index is 0.0881. The summed E-state index contributed by atoms with van der Waals surface area (Å²) in [6.07, 6.45) is 2.24. The first kappa shape index (κ1) is 8.88. The van der Waals surface area contributed by atoms with Crippen LogP contribution in [0.3, 0.4) is 0 Å². The van der Waals surface area contributed by atoms with Gasteiger partial charge in [0.15, 0.2) is 0 Å². The molecule has 1 fully saturated rings.